The first kappa shape index (κ1) is 13.8. The number of aryl methyl sites for hydroxylation is 1. The molecule has 8 nitrogen and oxygen atoms in total. The number of amides is 1. The van der Waals surface area contributed by atoms with Gasteiger partial charge in [0.25, 0.3) is 5.56 Å². The van der Waals surface area contributed by atoms with Crippen molar-refractivity contribution in [3.05, 3.63) is 22.1 Å². The molecule has 1 N–H and O–H groups in total. The molecule has 1 saturated heterocycles. The third kappa shape index (κ3) is 2.56. The monoisotopic (exact) mass is 309 g/mol. The van der Waals surface area contributed by atoms with Gasteiger partial charge < -0.3 is 15.0 Å². The summed E-state index contributed by atoms with van der Waals surface area (Å²) >= 11 is 1.33. The van der Waals surface area contributed by atoms with Crippen molar-refractivity contribution in [2.24, 2.45) is 0 Å². The van der Waals surface area contributed by atoms with Gasteiger partial charge in [0, 0.05) is 24.8 Å². The highest BCUT2D eigenvalue weighted by atomic mass is 32.1. The molecule has 2 aromatic rings. The van der Waals surface area contributed by atoms with E-state index in [1.54, 1.807) is 4.90 Å². The molecule has 9 heteroatoms. The van der Waals surface area contributed by atoms with Crippen molar-refractivity contribution in [2.45, 2.75) is 19.4 Å². The summed E-state index contributed by atoms with van der Waals surface area (Å²) in [7, 11) is 1.36. The van der Waals surface area contributed by atoms with E-state index in [-0.39, 0.29) is 17.7 Å². The van der Waals surface area contributed by atoms with Crippen LogP contribution in [0.15, 0.2) is 10.9 Å². The molecule has 0 aliphatic carbocycles. The van der Waals surface area contributed by atoms with E-state index < -0.39 is 0 Å². The number of carbonyl (C=O) groups excluding carboxylic acids is 1. The minimum atomic E-state index is -0.331. The number of nitrogens with one attached hydrogen (secondary N) is 1. The molecular weight excluding hydrogens is 294 g/mol. The van der Waals surface area contributed by atoms with Crippen molar-refractivity contribution in [3.8, 4) is 0 Å². The maximum atomic E-state index is 11.9. The van der Waals surface area contributed by atoms with Crippen LogP contribution in [0.3, 0.4) is 0 Å². The second-order valence-corrected chi connectivity index (χ2v) is 5.71. The third-order valence-electron chi connectivity index (χ3n) is 3.30. The minimum Gasteiger partial charge on any atom is -0.453 e. The summed E-state index contributed by atoms with van der Waals surface area (Å²) in [6.07, 6.45) is 0.381. The molecule has 1 aliphatic rings. The Morgan fingerprint density at radius 3 is 3.00 bits per heavy atom. The van der Waals surface area contributed by atoms with E-state index in [0.29, 0.717) is 29.6 Å². The van der Waals surface area contributed by atoms with Gasteiger partial charge in [-0.05, 0) is 6.42 Å². The van der Waals surface area contributed by atoms with Gasteiger partial charge in [0.15, 0.2) is 0 Å². The van der Waals surface area contributed by atoms with Crippen molar-refractivity contribution in [2.75, 3.05) is 25.5 Å². The number of ether oxygens (including phenoxy) is 1. The summed E-state index contributed by atoms with van der Waals surface area (Å²) in [4.78, 5) is 29.7. The Morgan fingerprint density at radius 2 is 2.33 bits per heavy atom. The standard InChI is InChI=1S/C12H15N5O3S/c1-3-7-4-9(18)17-11(14-7)21-10(15-17)13-8-5-16(6-8)12(19)20-2/h4,8H,3,5-6H2,1-2H3,(H,13,15). The topological polar surface area (TPSA) is 88.8 Å². The molecule has 1 aliphatic heterocycles. The average Bonchev–Trinajstić information content (AvgIpc) is 2.84. The van der Waals surface area contributed by atoms with Crippen LogP contribution in [0.1, 0.15) is 12.6 Å². The van der Waals surface area contributed by atoms with Gasteiger partial charge in [-0.1, -0.05) is 18.3 Å². The summed E-state index contributed by atoms with van der Waals surface area (Å²) in [5.41, 5.74) is 0.585. The highest BCUT2D eigenvalue weighted by Crippen LogP contribution is 2.20. The van der Waals surface area contributed by atoms with Gasteiger partial charge in [0.2, 0.25) is 10.1 Å². The fourth-order valence-electron chi connectivity index (χ4n) is 2.12. The fraction of sp³-hybridized carbons (Fsp3) is 0.500. The van der Waals surface area contributed by atoms with Crippen LogP contribution in [-0.4, -0.2) is 51.8 Å². The van der Waals surface area contributed by atoms with Gasteiger partial charge in [-0.3, -0.25) is 4.79 Å². The lowest BCUT2D eigenvalue weighted by atomic mass is 10.1. The number of likely N-dealkylation sites (tertiary alicyclic amines) is 1. The Morgan fingerprint density at radius 1 is 1.57 bits per heavy atom. The van der Waals surface area contributed by atoms with Gasteiger partial charge in [-0.15, -0.1) is 5.10 Å². The molecule has 0 spiro atoms. The number of nitrogens with zero attached hydrogens (tertiary/aromatic N) is 4. The Bertz CT molecular complexity index is 734. The molecule has 0 aromatic carbocycles. The van der Waals surface area contributed by atoms with Gasteiger partial charge in [-0.2, -0.15) is 4.52 Å². The lowest BCUT2D eigenvalue weighted by Crippen LogP contribution is -2.56. The molecule has 2 aromatic heterocycles. The maximum Gasteiger partial charge on any atom is 0.409 e. The molecule has 1 fully saturated rings. The highest BCUT2D eigenvalue weighted by molar-refractivity contribution is 7.20. The summed E-state index contributed by atoms with van der Waals surface area (Å²) < 4.78 is 5.93. The van der Waals surface area contributed by atoms with Crippen LogP contribution in [0.4, 0.5) is 9.93 Å². The zero-order chi connectivity index (χ0) is 15.0. The van der Waals surface area contributed by atoms with E-state index in [2.05, 4.69) is 20.1 Å². The Kier molecular flexibility index (Phi) is 3.50. The molecule has 0 bridgehead atoms. The van der Waals surface area contributed by atoms with Crippen molar-refractivity contribution in [1.82, 2.24) is 19.5 Å². The Hall–Kier alpha value is -2.16. The Labute approximate surface area is 124 Å². The van der Waals surface area contributed by atoms with Crippen LogP contribution in [0.5, 0.6) is 0 Å². The van der Waals surface area contributed by atoms with Gasteiger partial charge in [0.05, 0.1) is 13.2 Å². The fourth-order valence-corrected chi connectivity index (χ4v) is 3.02. The largest absolute Gasteiger partial charge is 0.453 e. The van der Waals surface area contributed by atoms with E-state index in [1.165, 1.54) is 29.0 Å². The molecule has 0 radical (unpaired) electrons. The molecule has 3 rings (SSSR count). The quantitative estimate of drug-likeness (QED) is 0.892. The van der Waals surface area contributed by atoms with Gasteiger partial charge in [0.1, 0.15) is 0 Å². The summed E-state index contributed by atoms with van der Waals surface area (Å²) in [5, 5.41) is 8.04. The number of rotatable bonds is 3. The van der Waals surface area contributed by atoms with Crippen molar-refractivity contribution >= 4 is 27.5 Å². The number of anilines is 1. The highest BCUT2D eigenvalue weighted by Gasteiger charge is 2.31. The summed E-state index contributed by atoms with van der Waals surface area (Å²) in [5.74, 6) is 0. The van der Waals surface area contributed by atoms with E-state index in [0.717, 1.165) is 5.69 Å². The second-order valence-electron chi connectivity index (χ2n) is 4.76. The Balaban J connectivity index is 1.73. The molecule has 0 unspecified atom stereocenters. The maximum absolute atomic E-state index is 11.9. The predicted octanol–water partition coefficient (Wildman–Crippen LogP) is 0.576. The van der Waals surface area contributed by atoms with Gasteiger partial charge in [-0.25, -0.2) is 9.78 Å². The number of hydrogen-bond donors (Lipinski definition) is 1. The molecule has 112 valence electrons. The zero-order valence-corrected chi connectivity index (χ0v) is 12.5. The third-order valence-corrected chi connectivity index (χ3v) is 4.14. The molecule has 1 amide bonds. The van der Waals surface area contributed by atoms with Crippen molar-refractivity contribution in [1.29, 1.82) is 0 Å². The SMILES string of the molecule is CCc1cc(=O)n2nc(NC3CN(C(=O)OC)C3)sc2n1. The summed E-state index contributed by atoms with van der Waals surface area (Å²) in [6, 6.07) is 1.62. The number of carbonyl (C=O) groups is 1. The normalized spacial score (nSPS) is 15.0. The van der Waals surface area contributed by atoms with Crippen molar-refractivity contribution < 1.29 is 9.53 Å². The predicted molar refractivity (Wildman–Crippen MR) is 77.9 cm³/mol. The molecule has 3 heterocycles. The first-order chi connectivity index (χ1) is 10.1. The average molecular weight is 309 g/mol. The van der Waals surface area contributed by atoms with Gasteiger partial charge >= 0.3 is 6.09 Å². The number of fused-ring (bicyclic) bond motifs is 1. The van der Waals surface area contributed by atoms with E-state index in [4.69, 9.17) is 0 Å². The molecule has 21 heavy (non-hydrogen) atoms. The first-order valence-corrected chi connectivity index (χ1v) is 7.41. The van der Waals surface area contributed by atoms with Crippen molar-refractivity contribution in [3.63, 3.8) is 0 Å². The molecule has 0 atom stereocenters. The second kappa shape index (κ2) is 5.32. The van der Waals surface area contributed by atoms with E-state index >= 15 is 0 Å². The van der Waals surface area contributed by atoms with Crippen LogP contribution in [0, 0.1) is 0 Å². The van der Waals surface area contributed by atoms with E-state index in [9.17, 15) is 9.59 Å². The number of hydrogen-bond acceptors (Lipinski definition) is 7. The lowest BCUT2D eigenvalue weighted by molar-refractivity contribution is 0.0930. The summed E-state index contributed by atoms with van der Waals surface area (Å²) in [6.45, 7) is 3.07. The van der Waals surface area contributed by atoms with Crippen LogP contribution >= 0.6 is 11.3 Å². The van der Waals surface area contributed by atoms with Crippen LogP contribution < -0.4 is 10.9 Å². The number of methoxy groups -OCH3 is 1. The number of aromatic nitrogens is 3. The van der Waals surface area contributed by atoms with Crippen LogP contribution in [-0.2, 0) is 11.2 Å². The van der Waals surface area contributed by atoms with Crippen LogP contribution in [0.25, 0.3) is 4.96 Å². The van der Waals surface area contributed by atoms with Crippen LogP contribution in [0.2, 0.25) is 0 Å². The molecule has 0 saturated carbocycles. The first-order valence-electron chi connectivity index (χ1n) is 6.60. The smallest absolute Gasteiger partial charge is 0.409 e. The zero-order valence-electron chi connectivity index (χ0n) is 11.7. The molecular formula is C12H15N5O3S. The minimum absolute atomic E-state index is 0.117. The van der Waals surface area contributed by atoms with E-state index in [1.807, 2.05) is 6.92 Å². The lowest BCUT2D eigenvalue weighted by Gasteiger charge is -2.37.